The zero-order chi connectivity index (χ0) is 7.98. The summed E-state index contributed by atoms with van der Waals surface area (Å²) < 4.78 is 4.19. The Labute approximate surface area is 59.7 Å². The molecule has 0 aromatic heterocycles. The second-order valence-electron chi connectivity index (χ2n) is 1.74. The van der Waals surface area contributed by atoms with E-state index in [1.165, 1.54) is 7.11 Å². The Morgan fingerprint density at radius 2 is 2.20 bits per heavy atom. The van der Waals surface area contributed by atoms with E-state index >= 15 is 0 Å². The van der Waals surface area contributed by atoms with Crippen molar-refractivity contribution >= 4 is 11.8 Å². The number of esters is 1. The van der Waals surface area contributed by atoms with Crippen LogP contribution in [0.5, 0.6) is 0 Å². The van der Waals surface area contributed by atoms with Gasteiger partial charge in [-0.05, 0) is 6.42 Å². The Morgan fingerprint density at radius 1 is 1.60 bits per heavy atom. The van der Waals surface area contributed by atoms with Gasteiger partial charge in [0.25, 0.3) is 0 Å². The lowest BCUT2D eigenvalue weighted by atomic mass is 10.2. The van der Waals surface area contributed by atoms with Crippen LogP contribution in [0, 0.1) is 0 Å². The highest BCUT2D eigenvalue weighted by Gasteiger charge is 2.11. The monoisotopic (exact) mass is 142 g/mol. The fourth-order valence-corrected chi connectivity index (χ4v) is 0.449. The van der Waals surface area contributed by atoms with Crippen LogP contribution in [0.3, 0.4) is 0 Å². The Kier molecular flexibility index (Phi) is 4.20. The summed E-state index contributed by atoms with van der Waals surface area (Å²) in [7, 11) is 1.19. The highest BCUT2D eigenvalue weighted by molar-refractivity contribution is 6.33. The number of ether oxygens (including phenoxy) is 1. The molecule has 0 saturated heterocycles. The van der Waals surface area contributed by atoms with Crippen LogP contribution in [-0.2, 0) is 14.3 Å². The van der Waals surface area contributed by atoms with Crippen molar-refractivity contribution in [3.63, 3.8) is 0 Å². The van der Waals surface area contributed by atoms with Crippen LogP contribution in [0.4, 0.5) is 0 Å². The van der Waals surface area contributed by atoms with Crippen molar-refractivity contribution in [2.24, 2.45) is 0 Å². The number of carbonyl (C=O) groups is 2. The minimum absolute atomic E-state index is 0.191. The minimum Gasteiger partial charge on any atom is -0.463 e. The van der Waals surface area contributed by atoms with E-state index in [-0.39, 0.29) is 6.42 Å². The molecule has 0 amide bonds. The fraction of sp³-hybridized carbons (Fsp3) is 0.429. The van der Waals surface area contributed by atoms with Crippen molar-refractivity contribution in [2.45, 2.75) is 12.8 Å². The summed E-state index contributed by atoms with van der Waals surface area (Å²) in [5, 5.41) is 0. The molecule has 0 spiro atoms. The van der Waals surface area contributed by atoms with Gasteiger partial charge in [0.2, 0.25) is 5.78 Å². The molecule has 0 N–H and O–H groups in total. The molecule has 0 aromatic carbocycles. The quantitative estimate of drug-likeness (QED) is 0.329. The van der Waals surface area contributed by atoms with Crippen LogP contribution in [0.1, 0.15) is 12.8 Å². The number of hydrogen-bond donors (Lipinski definition) is 0. The molecule has 0 aromatic rings. The van der Waals surface area contributed by atoms with Crippen LogP contribution >= 0.6 is 0 Å². The van der Waals surface area contributed by atoms with Gasteiger partial charge >= 0.3 is 5.97 Å². The summed E-state index contributed by atoms with van der Waals surface area (Å²) in [5.41, 5.74) is 0. The van der Waals surface area contributed by atoms with Gasteiger partial charge in [0.05, 0.1) is 7.11 Å². The Morgan fingerprint density at radius 3 is 2.60 bits per heavy atom. The van der Waals surface area contributed by atoms with Crippen molar-refractivity contribution in [3.05, 3.63) is 12.7 Å². The van der Waals surface area contributed by atoms with Gasteiger partial charge in [0.1, 0.15) is 0 Å². The highest BCUT2D eigenvalue weighted by atomic mass is 16.5. The minimum atomic E-state index is -0.776. The molecule has 0 atom stereocenters. The van der Waals surface area contributed by atoms with Gasteiger partial charge in [-0.3, -0.25) is 4.79 Å². The van der Waals surface area contributed by atoms with E-state index in [1.807, 2.05) is 0 Å². The zero-order valence-electron chi connectivity index (χ0n) is 5.92. The average molecular weight is 142 g/mol. The van der Waals surface area contributed by atoms with E-state index < -0.39 is 11.8 Å². The first-order valence-electron chi connectivity index (χ1n) is 2.94. The molecule has 0 heterocycles. The Balaban J connectivity index is 3.62. The van der Waals surface area contributed by atoms with Gasteiger partial charge in [-0.15, -0.1) is 6.58 Å². The zero-order valence-corrected chi connectivity index (χ0v) is 5.92. The molecule has 0 rings (SSSR count). The maximum atomic E-state index is 10.6. The summed E-state index contributed by atoms with van der Waals surface area (Å²) in [6.45, 7) is 3.41. The topological polar surface area (TPSA) is 43.4 Å². The van der Waals surface area contributed by atoms with Gasteiger partial charge in [-0.25, -0.2) is 4.79 Å². The first kappa shape index (κ1) is 8.88. The van der Waals surface area contributed by atoms with Crippen molar-refractivity contribution in [1.29, 1.82) is 0 Å². The molecule has 0 saturated carbocycles. The van der Waals surface area contributed by atoms with Crippen molar-refractivity contribution < 1.29 is 14.3 Å². The number of carbonyl (C=O) groups excluding carboxylic acids is 2. The number of ketones is 1. The lowest BCUT2D eigenvalue weighted by Crippen LogP contribution is -2.14. The number of methoxy groups -OCH3 is 1. The Hall–Kier alpha value is -1.12. The van der Waals surface area contributed by atoms with Gasteiger partial charge in [0.15, 0.2) is 0 Å². The summed E-state index contributed by atoms with van der Waals surface area (Å²) in [5.74, 6) is -1.27. The van der Waals surface area contributed by atoms with Gasteiger partial charge < -0.3 is 4.74 Å². The van der Waals surface area contributed by atoms with Crippen LogP contribution < -0.4 is 0 Å². The molecule has 10 heavy (non-hydrogen) atoms. The van der Waals surface area contributed by atoms with Gasteiger partial charge in [-0.2, -0.15) is 0 Å². The number of rotatable bonds is 4. The van der Waals surface area contributed by atoms with E-state index in [4.69, 9.17) is 0 Å². The number of hydrogen-bond acceptors (Lipinski definition) is 3. The highest BCUT2D eigenvalue weighted by Crippen LogP contribution is 1.92. The largest absolute Gasteiger partial charge is 0.463 e. The smallest absolute Gasteiger partial charge is 0.374 e. The molecule has 0 radical (unpaired) electrons. The summed E-state index contributed by atoms with van der Waals surface area (Å²) in [6.07, 6.45) is 2.30. The lowest BCUT2D eigenvalue weighted by Gasteiger charge is -1.93. The van der Waals surface area contributed by atoms with E-state index in [9.17, 15) is 9.59 Å². The summed E-state index contributed by atoms with van der Waals surface area (Å²) in [4.78, 5) is 21.0. The van der Waals surface area contributed by atoms with E-state index in [0.717, 1.165) is 0 Å². The summed E-state index contributed by atoms with van der Waals surface area (Å²) in [6, 6.07) is 0. The van der Waals surface area contributed by atoms with E-state index in [1.54, 1.807) is 6.08 Å². The maximum Gasteiger partial charge on any atom is 0.374 e. The normalized spacial score (nSPS) is 8.50. The SMILES string of the molecule is C=CCCC(=O)C(=O)OC. The van der Waals surface area contributed by atoms with Crippen molar-refractivity contribution in [3.8, 4) is 0 Å². The third kappa shape index (κ3) is 3.02. The average Bonchev–Trinajstić information content (AvgIpc) is 1.98. The first-order valence-corrected chi connectivity index (χ1v) is 2.94. The molecular weight excluding hydrogens is 132 g/mol. The third-order valence-electron chi connectivity index (χ3n) is 0.989. The molecule has 0 aliphatic heterocycles. The predicted octanol–water partition coefficient (Wildman–Crippen LogP) is 0.695. The lowest BCUT2D eigenvalue weighted by molar-refractivity contribution is -0.151. The molecule has 0 fully saturated rings. The van der Waals surface area contributed by atoms with Crippen LogP contribution in [0.2, 0.25) is 0 Å². The van der Waals surface area contributed by atoms with E-state index in [0.29, 0.717) is 6.42 Å². The second-order valence-corrected chi connectivity index (χ2v) is 1.74. The molecule has 3 heteroatoms. The molecule has 0 bridgehead atoms. The standard InChI is InChI=1S/C7H10O3/c1-3-4-5-6(8)7(9)10-2/h3H,1,4-5H2,2H3. The van der Waals surface area contributed by atoms with Gasteiger partial charge in [0, 0.05) is 6.42 Å². The predicted molar refractivity (Wildman–Crippen MR) is 36.5 cm³/mol. The third-order valence-corrected chi connectivity index (χ3v) is 0.989. The Bertz CT molecular complexity index is 149. The summed E-state index contributed by atoms with van der Waals surface area (Å²) >= 11 is 0. The van der Waals surface area contributed by atoms with Crippen LogP contribution in [0.15, 0.2) is 12.7 Å². The van der Waals surface area contributed by atoms with Gasteiger partial charge in [-0.1, -0.05) is 6.08 Å². The molecule has 0 aliphatic carbocycles. The van der Waals surface area contributed by atoms with E-state index in [2.05, 4.69) is 11.3 Å². The maximum absolute atomic E-state index is 10.6. The second kappa shape index (κ2) is 4.73. The molecular formula is C7H10O3. The molecule has 3 nitrogen and oxygen atoms in total. The first-order chi connectivity index (χ1) is 4.72. The molecule has 0 aliphatic rings. The van der Waals surface area contributed by atoms with Crippen LogP contribution in [-0.4, -0.2) is 18.9 Å². The number of Topliss-reactive ketones (excluding diaryl/α,β-unsaturated/α-hetero) is 1. The van der Waals surface area contributed by atoms with Crippen molar-refractivity contribution in [2.75, 3.05) is 7.11 Å². The van der Waals surface area contributed by atoms with Crippen LogP contribution in [0.25, 0.3) is 0 Å². The number of allylic oxidation sites excluding steroid dienone is 1. The molecule has 56 valence electrons. The van der Waals surface area contributed by atoms with Crippen molar-refractivity contribution in [1.82, 2.24) is 0 Å². The fourth-order valence-electron chi connectivity index (χ4n) is 0.449. The molecule has 0 unspecified atom stereocenters.